The van der Waals surface area contributed by atoms with E-state index in [1.165, 1.54) is 24.2 Å². The molecule has 5 rings (SSSR count). The molecule has 210 valence electrons. The number of alkyl halides is 3. The summed E-state index contributed by atoms with van der Waals surface area (Å²) in [5.74, 6) is -0.463. The average molecular weight is 565 g/mol. The third kappa shape index (κ3) is 6.32. The van der Waals surface area contributed by atoms with Gasteiger partial charge in [-0.1, -0.05) is 30.3 Å². The number of nitrogens with zero attached hydrogens (tertiary/aromatic N) is 7. The number of aromatic nitrogens is 7. The molecule has 1 N–H and O–H groups in total. The van der Waals surface area contributed by atoms with Gasteiger partial charge in [0.1, 0.15) is 12.1 Å². The van der Waals surface area contributed by atoms with Gasteiger partial charge >= 0.3 is 6.18 Å². The Morgan fingerprint density at radius 2 is 1.78 bits per heavy atom. The summed E-state index contributed by atoms with van der Waals surface area (Å²) in [7, 11) is 1.47. The number of methoxy groups -OCH3 is 1. The first-order valence-corrected chi connectivity index (χ1v) is 12.3. The number of halogens is 3. The Bertz CT molecular complexity index is 1710. The Hall–Kier alpha value is -5.27. The highest BCUT2D eigenvalue weighted by atomic mass is 19.4. The topological polar surface area (TPSA) is 122 Å². The number of nitrogens with one attached hydrogen (secondary N) is 1. The number of amides is 1. The molecule has 0 aliphatic rings. The number of benzene rings is 2. The molecule has 14 heteroatoms. The van der Waals surface area contributed by atoms with E-state index in [1.54, 1.807) is 65.4 Å². The molecule has 0 unspecified atom stereocenters. The molecular weight excluding hydrogens is 541 g/mol. The highest BCUT2D eigenvalue weighted by molar-refractivity contribution is 5.95. The van der Waals surface area contributed by atoms with Crippen molar-refractivity contribution in [2.24, 2.45) is 0 Å². The third-order valence-electron chi connectivity index (χ3n) is 6.22. The number of carbonyl (C=O) groups excluding carboxylic acids is 1. The van der Waals surface area contributed by atoms with E-state index < -0.39 is 23.3 Å². The zero-order valence-corrected chi connectivity index (χ0v) is 21.6. The first-order valence-electron chi connectivity index (χ1n) is 12.3. The number of pyridine rings is 1. The van der Waals surface area contributed by atoms with Crippen molar-refractivity contribution in [3.05, 3.63) is 118 Å². The molecule has 0 bridgehead atoms. The summed E-state index contributed by atoms with van der Waals surface area (Å²) in [4.78, 5) is 24.9. The lowest BCUT2D eigenvalue weighted by atomic mass is 10.1. The molecule has 41 heavy (non-hydrogen) atoms. The molecule has 0 saturated carbocycles. The lowest BCUT2D eigenvalue weighted by molar-refractivity contribution is -0.141. The minimum absolute atomic E-state index is 0.00125. The lowest BCUT2D eigenvalue weighted by Gasteiger charge is -2.12. The highest BCUT2D eigenvalue weighted by Gasteiger charge is 2.39. The maximum atomic E-state index is 13.8. The van der Waals surface area contributed by atoms with Gasteiger partial charge in [0, 0.05) is 30.6 Å². The maximum Gasteiger partial charge on any atom is 0.435 e. The van der Waals surface area contributed by atoms with Gasteiger partial charge in [-0.05, 0) is 45.8 Å². The van der Waals surface area contributed by atoms with Crippen LogP contribution in [0.3, 0.4) is 0 Å². The van der Waals surface area contributed by atoms with E-state index in [2.05, 4.69) is 25.9 Å². The van der Waals surface area contributed by atoms with Crippen LogP contribution in [0.5, 0.6) is 5.75 Å². The minimum atomic E-state index is -4.85. The molecule has 3 heterocycles. The Kier molecular flexibility index (Phi) is 7.63. The van der Waals surface area contributed by atoms with Crippen LogP contribution in [-0.4, -0.2) is 47.6 Å². The van der Waals surface area contributed by atoms with E-state index in [0.29, 0.717) is 29.1 Å². The smallest absolute Gasteiger partial charge is 0.435 e. The first-order chi connectivity index (χ1) is 19.7. The Balaban J connectivity index is 1.33. The number of hydrogen-bond donors (Lipinski definition) is 1. The first kappa shape index (κ1) is 27.3. The number of carbonyl (C=O) groups is 1. The predicted octanol–water partition coefficient (Wildman–Crippen LogP) is 3.07. The van der Waals surface area contributed by atoms with Crippen LogP contribution in [0.15, 0.2) is 84.2 Å². The summed E-state index contributed by atoms with van der Waals surface area (Å²) >= 11 is 0. The molecule has 0 fully saturated rings. The SMILES string of the molecule is COc1ccc(-n2cnnn2)c(CNC(=O)c2cn(Cc3ccc(Cn4ccccc4=O)cc3)nc2C(F)(F)F)c1. The molecule has 0 spiro atoms. The van der Waals surface area contributed by atoms with Crippen LogP contribution in [0.4, 0.5) is 13.2 Å². The molecule has 11 nitrogen and oxygen atoms in total. The molecule has 3 aromatic heterocycles. The van der Waals surface area contributed by atoms with Crippen molar-refractivity contribution in [3.8, 4) is 11.4 Å². The van der Waals surface area contributed by atoms with Crippen LogP contribution >= 0.6 is 0 Å². The van der Waals surface area contributed by atoms with Crippen LogP contribution in [0.25, 0.3) is 5.69 Å². The van der Waals surface area contributed by atoms with Crippen LogP contribution in [-0.2, 0) is 25.8 Å². The van der Waals surface area contributed by atoms with E-state index in [1.807, 2.05) is 0 Å². The van der Waals surface area contributed by atoms with Crippen LogP contribution in [0.1, 0.15) is 32.7 Å². The van der Waals surface area contributed by atoms with Crippen molar-refractivity contribution in [1.82, 2.24) is 39.9 Å². The van der Waals surface area contributed by atoms with E-state index >= 15 is 0 Å². The largest absolute Gasteiger partial charge is 0.497 e. The fraction of sp³-hybridized carbons (Fsp3) is 0.185. The Morgan fingerprint density at radius 1 is 1.02 bits per heavy atom. The second kappa shape index (κ2) is 11.5. The summed E-state index contributed by atoms with van der Waals surface area (Å²) in [6.07, 6.45) is -0.749. The summed E-state index contributed by atoms with van der Waals surface area (Å²) in [5.41, 5.74) is 0.506. The molecule has 1 amide bonds. The molecule has 0 aliphatic carbocycles. The second-order valence-corrected chi connectivity index (χ2v) is 9.00. The second-order valence-electron chi connectivity index (χ2n) is 9.00. The van der Waals surface area contributed by atoms with Crippen LogP contribution in [0, 0.1) is 0 Å². The summed E-state index contributed by atoms with van der Waals surface area (Å²) in [6.45, 7) is 0.230. The van der Waals surface area contributed by atoms with E-state index in [0.717, 1.165) is 16.4 Å². The van der Waals surface area contributed by atoms with Crippen molar-refractivity contribution >= 4 is 5.91 Å². The monoisotopic (exact) mass is 564 g/mol. The van der Waals surface area contributed by atoms with E-state index in [4.69, 9.17) is 4.74 Å². The fourth-order valence-electron chi connectivity index (χ4n) is 4.20. The van der Waals surface area contributed by atoms with Crippen LogP contribution in [0.2, 0.25) is 0 Å². The summed E-state index contributed by atoms with van der Waals surface area (Å²) < 4.78 is 50.7. The maximum absolute atomic E-state index is 13.8. The van der Waals surface area contributed by atoms with Crippen molar-refractivity contribution in [2.75, 3.05) is 7.11 Å². The minimum Gasteiger partial charge on any atom is -0.497 e. The summed E-state index contributed by atoms with van der Waals surface area (Å²) in [6, 6.07) is 16.9. The standard InChI is InChI=1S/C27H23F3N8O3/c1-41-21-9-10-23(38-17-32-34-35-38)20(12-21)13-31-26(40)22-16-37(33-25(22)27(28,29)30)15-19-7-5-18(6-8-19)14-36-11-3-2-4-24(36)39/h2-12,16-17H,13-15H2,1H3,(H,31,40). The van der Waals surface area contributed by atoms with Gasteiger partial charge in [-0.15, -0.1) is 5.10 Å². The van der Waals surface area contributed by atoms with Gasteiger partial charge in [-0.3, -0.25) is 14.3 Å². The molecule has 0 saturated heterocycles. The van der Waals surface area contributed by atoms with Crippen LogP contribution < -0.4 is 15.6 Å². The zero-order valence-electron chi connectivity index (χ0n) is 21.6. The predicted molar refractivity (Wildman–Crippen MR) is 139 cm³/mol. The lowest BCUT2D eigenvalue weighted by Crippen LogP contribution is -2.26. The Morgan fingerprint density at radius 3 is 2.44 bits per heavy atom. The normalized spacial score (nSPS) is 11.4. The zero-order chi connectivity index (χ0) is 29.0. The number of rotatable bonds is 9. The average Bonchev–Trinajstić information content (AvgIpc) is 3.65. The van der Waals surface area contributed by atoms with Crippen molar-refractivity contribution < 1.29 is 22.7 Å². The highest BCUT2D eigenvalue weighted by Crippen LogP contribution is 2.31. The van der Waals surface area contributed by atoms with Gasteiger partial charge < -0.3 is 14.6 Å². The van der Waals surface area contributed by atoms with Gasteiger partial charge in [0.15, 0.2) is 5.69 Å². The van der Waals surface area contributed by atoms with Gasteiger partial charge in [0.25, 0.3) is 11.5 Å². The molecule has 0 atom stereocenters. The van der Waals surface area contributed by atoms with Gasteiger partial charge in [-0.2, -0.15) is 18.3 Å². The molecule has 0 aliphatic heterocycles. The fourth-order valence-corrected chi connectivity index (χ4v) is 4.20. The summed E-state index contributed by atoms with van der Waals surface area (Å²) in [5, 5.41) is 17.2. The van der Waals surface area contributed by atoms with Gasteiger partial charge in [-0.25, -0.2) is 4.68 Å². The van der Waals surface area contributed by atoms with Gasteiger partial charge in [0.2, 0.25) is 0 Å². The number of hydrogen-bond acceptors (Lipinski definition) is 7. The molecular formula is C27H23F3N8O3. The molecule has 5 aromatic rings. The third-order valence-corrected chi connectivity index (χ3v) is 6.22. The molecule has 2 aromatic carbocycles. The van der Waals surface area contributed by atoms with E-state index in [9.17, 15) is 22.8 Å². The molecule has 0 radical (unpaired) electrons. The van der Waals surface area contributed by atoms with E-state index in [-0.39, 0.29) is 18.6 Å². The number of ether oxygens (including phenoxy) is 1. The van der Waals surface area contributed by atoms with Crippen molar-refractivity contribution in [3.63, 3.8) is 0 Å². The van der Waals surface area contributed by atoms with Crippen molar-refractivity contribution in [1.29, 1.82) is 0 Å². The van der Waals surface area contributed by atoms with Gasteiger partial charge in [0.05, 0.1) is 31.5 Å². The Labute approximate surface area is 230 Å². The van der Waals surface area contributed by atoms with Crippen molar-refractivity contribution in [2.45, 2.75) is 25.8 Å². The number of tetrazole rings is 1. The quantitative estimate of drug-likeness (QED) is 0.292.